The number of benzene rings is 2. The fraction of sp³-hybridized carbons (Fsp3) is 0.0714. The lowest BCUT2D eigenvalue weighted by molar-refractivity contribution is 0.573. The minimum absolute atomic E-state index is 0.306. The monoisotopic (exact) mass is 322 g/mol. The molecule has 0 saturated heterocycles. The first kappa shape index (κ1) is 14.0. The second-order valence-corrected chi connectivity index (χ2v) is 5.23. The van der Waals surface area contributed by atoms with Crippen molar-refractivity contribution < 1.29 is 4.39 Å². The van der Waals surface area contributed by atoms with Gasteiger partial charge in [0.25, 0.3) is 0 Å². The van der Waals surface area contributed by atoms with Crippen LogP contribution in [0.2, 0.25) is 10.0 Å². The lowest BCUT2D eigenvalue weighted by atomic mass is 10.2. The maximum absolute atomic E-state index is 12.9. The van der Waals surface area contributed by atoms with Gasteiger partial charge in [0, 0.05) is 15.6 Å². The van der Waals surface area contributed by atoms with Gasteiger partial charge in [-0.05, 0) is 47.2 Å². The van der Waals surface area contributed by atoms with E-state index in [1.807, 2.05) is 6.07 Å². The van der Waals surface area contributed by atoms with E-state index in [0.29, 0.717) is 28.0 Å². The summed E-state index contributed by atoms with van der Waals surface area (Å²) >= 11 is 12.0. The summed E-state index contributed by atoms with van der Waals surface area (Å²) in [5.41, 5.74) is 1.54. The molecule has 1 heterocycles. The Morgan fingerprint density at radius 3 is 2.52 bits per heavy atom. The van der Waals surface area contributed by atoms with Crippen molar-refractivity contribution >= 4 is 23.2 Å². The lowest BCUT2D eigenvalue weighted by Gasteiger charge is -2.03. The maximum atomic E-state index is 12.9. The van der Waals surface area contributed by atoms with Gasteiger partial charge in [0.05, 0.1) is 6.54 Å². The summed E-state index contributed by atoms with van der Waals surface area (Å²) in [5, 5.41) is 13.3. The molecule has 0 amide bonds. The largest absolute Gasteiger partial charge is 0.207 e. The van der Waals surface area contributed by atoms with Crippen LogP contribution in [0, 0.1) is 5.82 Å². The van der Waals surface area contributed by atoms with Crippen molar-refractivity contribution in [3.63, 3.8) is 0 Å². The van der Waals surface area contributed by atoms with E-state index in [1.54, 1.807) is 24.3 Å². The Morgan fingerprint density at radius 1 is 1.05 bits per heavy atom. The Hall–Kier alpha value is -1.98. The molecule has 0 atom stereocenters. The fourth-order valence-electron chi connectivity index (χ4n) is 1.83. The first-order valence-corrected chi connectivity index (χ1v) is 6.85. The van der Waals surface area contributed by atoms with Crippen LogP contribution in [0.3, 0.4) is 0 Å². The summed E-state index contributed by atoms with van der Waals surface area (Å²) in [5.74, 6) is 0.124. The van der Waals surface area contributed by atoms with Crippen LogP contribution in [-0.4, -0.2) is 20.2 Å². The third kappa shape index (κ3) is 3.20. The molecule has 0 aliphatic heterocycles. The molecule has 7 heteroatoms. The Labute approximate surface area is 130 Å². The van der Waals surface area contributed by atoms with Crippen molar-refractivity contribution in [1.82, 2.24) is 20.2 Å². The van der Waals surface area contributed by atoms with E-state index in [9.17, 15) is 4.39 Å². The second-order valence-electron chi connectivity index (χ2n) is 4.39. The van der Waals surface area contributed by atoms with E-state index in [2.05, 4.69) is 15.4 Å². The molecule has 0 spiro atoms. The van der Waals surface area contributed by atoms with E-state index >= 15 is 0 Å². The van der Waals surface area contributed by atoms with Gasteiger partial charge in [-0.25, -0.2) is 4.39 Å². The molecule has 3 rings (SSSR count). The molecule has 106 valence electrons. The van der Waals surface area contributed by atoms with Crippen LogP contribution in [0.5, 0.6) is 0 Å². The van der Waals surface area contributed by atoms with Gasteiger partial charge in [-0.2, -0.15) is 4.80 Å². The molecule has 0 saturated carbocycles. The third-order valence-corrected chi connectivity index (χ3v) is 3.47. The van der Waals surface area contributed by atoms with Gasteiger partial charge < -0.3 is 0 Å². The normalized spacial score (nSPS) is 10.8. The molecule has 0 bridgehead atoms. The zero-order valence-corrected chi connectivity index (χ0v) is 12.2. The van der Waals surface area contributed by atoms with E-state index in [0.717, 1.165) is 5.56 Å². The summed E-state index contributed by atoms with van der Waals surface area (Å²) in [6.45, 7) is 0.379. The van der Waals surface area contributed by atoms with Crippen LogP contribution in [-0.2, 0) is 6.54 Å². The van der Waals surface area contributed by atoms with E-state index < -0.39 is 0 Å². The lowest BCUT2D eigenvalue weighted by Crippen LogP contribution is -2.04. The van der Waals surface area contributed by atoms with Crippen LogP contribution in [0.15, 0.2) is 42.5 Å². The molecular formula is C14H9Cl2FN4. The predicted octanol–water partition coefficient (Wildman–Crippen LogP) is 3.83. The highest BCUT2D eigenvalue weighted by Crippen LogP contribution is 2.21. The van der Waals surface area contributed by atoms with E-state index in [-0.39, 0.29) is 5.82 Å². The van der Waals surface area contributed by atoms with Gasteiger partial charge >= 0.3 is 0 Å². The highest BCUT2D eigenvalue weighted by atomic mass is 35.5. The van der Waals surface area contributed by atoms with Gasteiger partial charge in [0.1, 0.15) is 5.82 Å². The first-order valence-electron chi connectivity index (χ1n) is 6.09. The van der Waals surface area contributed by atoms with Crippen LogP contribution in [0.25, 0.3) is 11.4 Å². The number of tetrazole rings is 1. The SMILES string of the molecule is Fc1ccc(-c2nnn(Cc3ccc(Cl)cc3Cl)n2)cc1. The molecular weight excluding hydrogens is 314 g/mol. The van der Waals surface area contributed by atoms with Crippen molar-refractivity contribution in [3.8, 4) is 11.4 Å². The van der Waals surface area contributed by atoms with Gasteiger partial charge in [0.15, 0.2) is 0 Å². The molecule has 1 aromatic heterocycles. The van der Waals surface area contributed by atoms with Crippen molar-refractivity contribution in [2.24, 2.45) is 0 Å². The minimum atomic E-state index is -0.306. The first-order chi connectivity index (χ1) is 10.1. The zero-order chi connectivity index (χ0) is 14.8. The molecule has 3 aromatic rings. The molecule has 2 aromatic carbocycles. The van der Waals surface area contributed by atoms with E-state index in [1.165, 1.54) is 16.9 Å². The Balaban J connectivity index is 1.83. The van der Waals surface area contributed by atoms with E-state index in [4.69, 9.17) is 23.2 Å². The van der Waals surface area contributed by atoms with Crippen molar-refractivity contribution in [2.45, 2.75) is 6.54 Å². The van der Waals surface area contributed by atoms with Gasteiger partial charge in [-0.3, -0.25) is 0 Å². The summed E-state index contributed by atoms with van der Waals surface area (Å²) in [6, 6.07) is 11.1. The zero-order valence-electron chi connectivity index (χ0n) is 10.7. The average Bonchev–Trinajstić information content (AvgIpc) is 2.91. The van der Waals surface area contributed by atoms with Crippen molar-refractivity contribution in [1.29, 1.82) is 0 Å². The van der Waals surface area contributed by atoms with Gasteiger partial charge in [-0.1, -0.05) is 29.3 Å². The molecule has 0 radical (unpaired) electrons. The summed E-state index contributed by atoms with van der Waals surface area (Å²) in [4.78, 5) is 1.42. The number of nitrogens with zero attached hydrogens (tertiary/aromatic N) is 4. The summed E-state index contributed by atoms with van der Waals surface area (Å²) in [7, 11) is 0. The highest BCUT2D eigenvalue weighted by molar-refractivity contribution is 6.35. The third-order valence-electron chi connectivity index (χ3n) is 2.88. The highest BCUT2D eigenvalue weighted by Gasteiger charge is 2.08. The van der Waals surface area contributed by atoms with Crippen LogP contribution in [0.4, 0.5) is 4.39 Å². The average molecular weight is 323 g/mol. The molecule has 0 fully saturated rings. The Kier molecular flexibility index (Phi) is 3.86. The maximum Gasteiger partial charge on any atom is 0.204 e. The molecule has 4 nitrogen and oxygen atoms in total. The quantitative estimate of drug-likeness (QED) is 0.736. The molecule has 0 N–H and O–H groups in total. The summed E-state index contributed by atoms with van der Waals surface area (Å²) < 4.78 is 12.9. The molecule has 0 aliphatic rings. The van der Waals surface area contributed by atoms with Crippen molar-refractivity contribution in [3.05, 3.63) is 63.9 Å². The smallest absolute Gasteiger partial charge is 0.204 e. The molecule has 0 aliphatic carbocycles. The number of halogens is 3. The number of aromatic nitrogens is 4. The standard InChI is InChI=1S/C14H9Cl2FN4/c15-11-4-1-10(13(16)7-11)8-21-19-14(18-20-21)9-2-5-12(17)6-3-9/h1-7H,8H2. The number of rotatable bonds is 3. The topological polar surface area (TPSA) is 43.6 Å². The van der Waals surface area contributed by atoms with Gasteiger partial charge in [0.2, 0.25) is 5.82 Å². The Bertz CT molecular complexity index is 771. The number of hydrogen-bond acceptors (Lipinski definition) is 3. The summed E-state index contributed by atoms with van der Waals surface area (Å²) in [6.07, 6.45) is 0. The molecule has 21 heavy (non-hydrogen) atoms. The number of hydrogen-bond donors (Lipinski definition) is 0. The van der Waals surface area contributed by atoms with Gasteiger partial charge in [-0.15, -0.1) is 10.2 Å². The Morgan fingerprint density at radius 2 is 1.81 bits per heavy atom. The minimum Gasteiger partial charge on any atom is -0.207 e. The van der Waals surface area contributed by atoms with Crippen LogP contribution < -0.4 is 0 Å². The van der Waals surface area contributed by atoms with Crippen molar-refractivity contribution in [2.75, 3.05) is 0 Å². The predicted molar refractivity (Wildman–Crippen MR) is 78.8 cm³/mol. The fourth-order valence-corrected chi connectivity index (χ4v) is 2.30. The van der Waals surface area contributed by atoms with Crippen LogP contribution in [0.1, 0.15) is 5.56 Å². The second kappa shape index (κ2) is 5.79. The molecule has 0 unspecified atom stereocenters. The van der Waals surface area contributed by atoms with Crippen LogP contribution >= 0.6 is 23.2 Å².